The van der Waals surface area contributed by atoms with Crippen molar-refractivity contribution in [3.8, 4) is 5.75 Å². The summed E-state index contributed by atoms with van der Waals surface area (Å²) in [7, 11) is 1.65. The fraction of sp³-hybridized carbons (Fsp3) is 0.133. The van der Waals surface area contributed by atoms with Gasteiger partial charge in [-0.2, -0.15) is 0 Å². The van der Waals surface area contributed by atoms with Crippen molar-refractivity contribution in [1.82, 2.24) is 0 Å². The van der Waals surface area contributed by atoms with Gasteiger partial charge < -0.3 is 0 Å². The van der Waals surface area contributed by atoms with Crippen molar-refractivity contribution in [1.29, 1.82) is 0 Å². The summed E-state index contributed by atoms with van der Waals surface area (Å²) in [6, 6.07) is 17.4. The third-order valence-corrected chi connectivity index (χ3v) is 4.61. The quantitative estimate of drug-likeness (QED) is 0.857. The van der Waals surface area contributed by atoms with Gasteiger partial charge in [0.05, 0.1) is 0 Å². The van der Waals surface area contributed by atoms with Gasteiger partial charge in [0.1, 0.15) is 0 Å². The second-order valence-corrected chi connectivity index (χ2v) is 6.08. The molecule has 0 aliphatic carbocycles. The van der Waals surface area contributed by atoms with E-state index in [-0.39, 0.29) is 20.9 Å². The summed E-state index contributed by atoms with van der Waals surface area (Å²) in [5.41, 5.74) is 0.845. The molecule has 4 heteroatoms. The Bertz CT molecular complexity index is 526. The topological polar surface area (TPSA) is 38.3 Å². The SMILES string of the molecule is COc1ccc([Se]CC(=O)Nc2ccccc2)cc1. The molecule has 2 aromatic rings. The Morgan fingerprint density at radius 3 is 2.42 bits per heavy atom. The standard InChI is InChI=1S/C15H15NO2Se/c1-18-13-7-9-14(10-8-13)19-11-15(17)16-12-5-3-2-4-6-12/h2-10H,11H2,1H3,(H,16,17). The minimum atomic E-state index is 0.0574. The summed E-state index contributed by atoms with van der Waals surface area (Å²) >= 11 is 0.144. The molecule has 1 N–H and O–H groups in total. The molecule has 0 saturated heterocycles. The van der Waals surface area contributed by atoms with E-state index >= 15 is 0 Å². The molecule has 0 radical (unpaired) electrons. The van der Waals surface area contributed by atoms with E-state index in [1.54, 1.807) is 7.11 Å². The third-order valence-electron chi connectivity index (χ3n) is 2.49. The Kier molecular flexibility index (Phi) is 5.01. The normalized spacial score (nSPS) is 9.95. The maximum atomic E-state index is 11.8. The van der Waals surface area contributed by atoms with Gasteiger partial charge in [0.15, 0.2) is 0 Å². The predicted molar refractivity (Wildman–Crippen MR) is 78.3 cm³/mol. The van der Waals surface area contributed by atoms with Crippen molar-refractivity contribution in [2.45, 2.75) is 5.32 Å². The van der Waals surface area contributed by atoms with Crippen molar-refractivity contribution in [3.05, 3.63) is 54.6 Å². The van der Waals surface area contributed by atoms with Crippen molar-refractivity contribution in [2.75, 3.05) is 12.4 Å². The average Bonchev–Trinajstić information content (AvgIpc) is 2.47. The van der Waals surface area contributed by atoms with Crippen LogP contribution in [0.1, 0.15) is 0 Å². The second kappa shape index (κ2) is 6.98. The Hall–Kier alpha value is -1.77. The van der Waals surface area contributed by atoms with Gasteiger partial charge >= 0.3 is 119 Å². The number of benzene rings is 2. The molecule has 0 heterocycles. The number of para-hydroxylation sites is 1. The van der Waals surface area contributed by atoms with Crippen LogP contribution in [-0.4, -0.2) is 28.0 Å². The van der Waals surface area contributed by atoms with Crippen LogP contribution in [-0.2, 0) is 4.79 Å². The Balaban J connectivity index is 1.83. The first-order chi connectivity index (χ1) is 9.28. The van der Waals surface area contributed by atoms with Gasteiger partial charge in [0.25, 0.3) is 0 Å². The van der Waals surface area contributed by atoms with Gasteiger partial charge in [0, 0.05) is 0 Å². The van der Waals surface area contributed by atoms with Crippen LogP contribution >= 0.6 is 0 Å². The molecule has 0 aliphatic heterocycles. The molecule has 0 saturated carbocycles. The zero-order chi connectivity index (χ0) is 13.5. The van der Waals surface area contributed by atoms with E-state index in [2.05, 4.69) is 5.32 Å². The number of hydrogen-bond acceptors (Lipinski definition) is 2. The summed E-state index contributed by atoms with van der Waals surface area (Å²) < 4.78 is 6.29. The predicted octanol–water partition coefficient (Wildman–Crippen LogP) is 2.08. The van der Waals surface area contributed by atoms with Crippen molar-refractivity contribution in [3.63, 3.8) is 0 Å². The van der Waals surface area contributed by atoms with E-state index < -0.39 is 0 Å². The zero-order valence-corrected chi connectivity index (χ0v) is 12.3. The first kappa shape index (κ1) is 13.7. The molecule has 1 amide bonds. The summed E-state index contributed by atoms with van der Waals surface area (Å²) in [6.45, 7) is 0. The van der Waals surface area contributed by atoms with Gasteiger partial charge in [0.2, 0.25) is 0 Å². The number of nitrogens with one attached hydrogen (secondary N) is 1. The molecule has 2 rings (SSSR count). The second-order valence-electron chi connectivity index (χ2n) is 3.88. The molecule has 0 unspecified atom stereocenters. The van der Waals surface area contributed by atoms with Gasteiger partial charge in [-0.1, -0.05) is 0 Å². The van der Waals surface area contributed by atoms with E-state index in [1.807, 2.05) is 54.6 Å². The molecule has 0 fully saturated rings. The molecule has 0 aromatic heterocycles. The molecule has 0 spiro atoms. The van der Waals surface area contributed by atoms with Gasteiger partial charge in [-0.3, -0.25) is 0 Å². The summed E-state index contributed by atoms with van der Waals surface area (Å²) in [6.07, 6.45) is 0. The number of methoxy groups -OCH3 is 1. The minimum absolute atomic E-state index is 0.0574. The summed E-state index contributed by atoms with van der Waals surface area (Å²) in [5.74, 6) is 0.898. The van der Waals surface area contributed by atoms with E-state index in [4.69, 9.17) is 4.74 Å². The summed E-state index contributed by atoms with van der Waals surface area (Å²) in [4.78, 5) is 11.8. The Morgan fingerprint density at radius 2 is 1.79 bits per heavy atom. The number of hydrogen-bond donors (Lipinski definition) is 1. The van der Waals surface area contributed by atoms with Crippen LogP contribution < -0.4 is 14.5 Å². The molecule has 0 aliphatic rings. The zero-order valence-electron chi connectivity index (χ0n) is 10.6. The maximum absolute atomic E-state index is 11.8. The average molecular weight is 320 g/mol. The molecule has 2 aromatic carbocycles. The number of carbonyl (C=O) groups excluding carboxylic acids is 1. The van der Waals surface area contributed by atoms with Crippen molar-refractivity contribution in [2.24, 2.45) is 0 Å². The van der Waals surface area contributed by atoms with Crippen LogP contribution in [0.25, 0.3) is 0 Å². The molecular weight excluding hydrogens is 305 g/mol. The molecule has 0 bridgehead atoms. The van der Waals surface area contributed by atoms with Gasteiger partial charge in [-0.05, 0) is 0 Å². The number of rotatable bonds is 5. The molecular formula is C15H15NO2Se. The number of anilines is 1. The number of ether oxygens (including phenoxy) is 1. The Labute approximate surface area is 119 Å². The first-order valence-electron chi connectivity index (χ1n) is 5.89. The van der Waals surface area contributed by atoms with E-state index in [1.165, 1.54) is 4.46 Å². The van der Waals surface area contributed by atoms with Gasteiger partial charge in [-0.15, -0.1) is 0 Å². The fourth-order valence-electron chi connectivity index (χ4n) is 1.54. The van der Waals surface area contributed by atoms with E-state index in [0.717, 1.165) is 11.4 Å². The number of carbonyl (C=O) groups is 1. The summed E-state index contributed by atoms with van der Waals surface area (Å²) in [5, 5.41) is 3.42. The van der Waals surface area contributed by atoms with Crippen LogP contribution in [0.4, 0.5) is 5.69 Å². The van der Waals surface area contributed by atoms with Crippen molar-refractivity contribution < 1.29 is 9.53 Å². The van der Waals surface area contributed by atoms with Crippen molar-refractivity contribution >= 4 is 31.0 Å². The molecule has 0 atom stereocenters. The first-order valence-corrected chi connectivity index (χ1v) is 7.96. The van der Waals surface area contributed by atoms with Crippen LogP contribution in [0.5, 0.6) is 5.75 Å². The van der Waals surface area contributed by atoms with Crippen LogP contribution in [0, 0.1) is 0 Å². The van der Waals surface area contributed by atoms with Crippen LogP contribution in [0.2, 0.25) is 5.32 Å². The van der Waals surface area contributed by atoms with E-state index in [0.29, 0.717) is 5.32 Å². The third kappa shape index (κ3) is 4.43. The Morgan fingerprint density at radius 1 is 1.11 bits per heavy atom. The number of amides is 1. The van der Waals surface area contributed by atoms with Crippen LogP contribution in [0.3, 0.4) is 0 Å². The molecule has 19 heavy (non-hydrogen) atoms. The van der Waals surface area contributed by atoms with E-state index in [9.17, 15) is 4.79 Å². The van der Waals surface area contributed by atoms with Gasteiger partial charge in [-0.25, -0.2) is 0 Å². The monoisotopic (exact) mass is 321 g/mol. The molecule has 3 nitrogen and oxygen atoms in total. The van der Waals surface area contributed by atoms with Crippen LogP contribution in [0.15, 0.2) is 54.6 Å². The molecule has 98 valence electrons. The fourth-order valence-corrected chi connectivity index (χ4v) is 3.00.